The van der Waals surface area contributed by atoms with E-state index in [9.17, 15) is 19.8 Å². The standard InChI is InChI=1S/C18H34O10/c19-9-3-5-15(13(23)11-21)27-17(25)7-1-2-8-18(26)28-16(6-4-10-20)14(24)12-22/h13-16,19-24H,1-12H2. The Balaban J connectivity index is 4.20. The van der Waals surface area contributed by atoms with E-state index in [0.717, 1.165) is 0 Å². The Kier molecular flexibility index (Phi) is 15.9. The van der Waals surface area contributed by atoms with E-state index in [1.54, 1.807) is 0 Å². The van der Waals surface area contributed by atoms with Gasteiger partial charge in [-0.3, -0.25) is 9.59 Å². The lowest BCUT2D eigenvalue weighted by molar-refractivity contribution is -0.159. The van der Waals surface area contributed by atoms with E-state index in [4.69, 9.17) is 29.9 Å². The maximum atomic E-state index is 11.8. The third-order valence-electron chi connectivity index (χ3n) is 4.10. The monoisotopic (exact) mass is 410 g/mol. The number of ether oxygens (including phenoxy) is 2. The van der Waals surface area contributed by atoms with Crippen molar-refractivity contribution in [2.45, 2.75) is 75.8 Å². The minimum Gasteiger partial charge on any atom is -0.460 e. The van der Waals surface area contributed by atoms with Crippen molar-refractivity contribution in [1.82, 2.24) is 0 Å². The summed E-state index contributed by atoms with van der Waals surface area (Å²) in [5, 5.41) is 54.8. The van der Waals surface area contributed by atoms with Gasteiger partial charge in [0.2, 0.25) is 0 Å². The quantitative estimate of drug-likeness (QED) is 0.124. The molecule has 0 aromatic heterocycles. The summed E-state index contributed by atoms with van der Waals surface area (Å²) in [6.07, 6.45) is -2.49. The SMILES string of the molecule is O=C(CCCCC(=O)OC(CCCO)C(O)CO)OC(CCCO)C(O)CO. The molecule has 6 N–H and O–H groups in total. The van der Waals surface area contributed by atoms with Gasteiger partial charge < -0.3 is 40.1 Å². The number of aliphatic hydroxyl groups is 6. The van der Waals surface area contributed by atoms with Gasteiger partial charge >= 0.3 is 11.9 Å². The average Bonchev–Trinajstić information content (AvgIpc) is 2.70. The molecule has 0 amide bonds. The van der Waals surface area contributed by atoms with Crippen molar-refractivity contribution in [3.05, 3.63) is 0 Å². The van der Waals surface area contributed by atoms with Crippen LogP contribution in [0.25, 0.3) is 0 Å². The van der Waals surface area contributed by atoms with Crippen molar-refractivity contribution < 1.29 is 49.7 Å². The molecule has 28 heavy (non-hydrogen) atoms. The first-order chi connectivity index (χ1) is 13.4. The zero-order valence-corrected chi connectivity index (χ0v) is 16.1. The van der Waals surface area contributed by atoms with E-state index in [1.165, 1.54) is 0 Å². The van der Waals surface area contributed by atoms with Crippen LogP contribution in [0.5, 0.6) is 0 Å². The van der Waals surface area contributed by atoms with Crippen LogP contribution in [-0.2, 0) is 19.1 Å². The second kappa shape index (κ2) is 16.6. The van der Waals surface area contributed by atoms with Gasteiger partial charge in [0, 0.05) is 26.1 Å². The van der Waals surface area contributed by atoms with Gasteiger partial charge in [0.25, 0.3) is 0 Å². The zero-order valence-electron chi connectivity index (χ0n) is 16.1. The van der Waals surface area contributed by atoms with Crippen LogP contribution < -0.4 is 0 Å². The molecule has 166 valence electrons. The van der Waals surface area contributed by atoms with E-state index < -0.39 is 49.6 Å². The van der Waals surface area contributed by atoms with Gasteiger partial charge in [0.05, 0.1) is 13.2 Å². The van der Waals surface area contributed by atoms with Crippen LogP contribution in [0, 0.1) is 0 Å². The molecule has 0 bridgehead atoms. The molecule has 0 aromatic rings. The van der Waals surface area contributed by atoms with Gasteiger partial charge in [-0.15, -0.1) is 0 Å². The lowest BCUT2D eigenvalue weighted by atomic mass is 10.1. The molecule has 0 saturated carbocycles. The Morgan fingerprint density at radius 2 is 1.00 bits per heavy atom. The molecular formula is C18H34O10. The summed E-state index contributed by atoms with van der Waals surface area (Å²) >= 11 is 0. The summed E-state index contributed by atoms with van der Waals surface area (Å²) in [5.41, 5.74) is 0. The molecule has 0 spiro atoms. The second-order valence-corrected chi connectivity index (χ2v) is 6.50. The smallest absolute Gasteiger partial charge is 0.306 e. The largest absolute Gasteiger partial charge is 0.460 e. The van der Waals surface area contributed by atoms with Gasteiger partial charge in [-0.05, 0) is 38.5 Å². The lowest BCUT2D eigenvalue weighted by Crippen LogP contribution is -2.34. The summed E-state index contributed by atoms with van der Waals surface area (Å²) in [4.78, 5) is 23.7. The number of carbonyl (C=O) groups excluding carboxylic acids is 2. The summed E-state index contributed by atoms with van der Waals surface area (Å²) in [6, 6.07) is 0. The molecule has 10 heteroatoms. The molecule has 0 aliphatic rings. The van der Waals surface area contributed by atoms with Crippen molar-refractivity contribution in [2.24, 2.45) is 0 Å². The fourth-order valence-corrected chi connectivity index (χ4v) is 2.47. The molecule has 0 rings (SSSR count). The molecule has 4 unspecified atom stereocenters. The lowest BCUT2D eigenvalue weighted by Gasteiger charge is -2.22. The fraction of sp³-hybridized carbons (Fsp3) is 0.889. The molecule has 0 saturated heterocycles. The van der Waals surface area contributed by atoms with Crippen LogP contribution in [0.2, 0.25) is 0 Å². The highest BCUT2D eigenvalue weighted by molar-refractivity contribution is 5.70. The number of hydrogen-bond acceptors (Lipinski definition) is 10. The predicted octanol–water partition coefficient (Wildman–Crippen LogP) is -1.38. The Bertz CT molecular complexity index is 379. The highest BCUT2D eigenvalue weighted by atomic mass is 16.6. The van der Waals surface area contributed by atoms with Crippen LogP contribution in [-0.4, -0.2) is 93.4 Å². The van der Waals surface area contributed by atoms with Crippen molar-refractivity contribution in [2.75, 3.05) is 26.4 Å². The Morgan fingerprint density at radius 3 is 1.29 bits per heavy atom. The number of unbranched alkanes of at least 4 members (excludes halogenated alkanes) is 1. The van der Waals surface area contributed by atoms with Crippen molar-refractivity contribution in [3.8, 4) is 0 Å². The Labute approximate surface area is 164 Å². The van der Waals surface area contributed by atoms with Gasteiger partial charge in [0.15, 0.2) is 0 Å². The van der Waals surface area contributed by atoms with Crippen LogP contribution in [0.3, 0.4) is 0 Å². The van der Waals surface area contributed by atoms with Gasteiger partial charge in [-0.1, -0.05) is 0 Å². The van der Waals surface area contributed by atoms with Crippen LogP contribution in [0.1, 0.15) is 51.4 Å². The summed E-state index contributed by atoms with van der Waals surface area (Å²) in [6.45, 7) is -1.38. The fourth-order valence-electron chi connectivity index (χ4n) is 2.47. The zero-order chi connectivity index (χ0) is 21.4. The van der Waals surface area contributed by atoms with Crippen LogP contribution in [0.15, 0.2) is 0 Å². The first-order valence-electron chi connectivity index (χ1n) is 9.58. The number of rotatable bonds is 17. The van der Waals surface area contributed by atoms with E-state index in [1.807, 2.05) is 0 Å². The van der Waals surface area contributed by atoms with Crippen molar-refractivity contribution in [1.29, 1.82) is 0 Å². The van der Waals surface area contributed by atoms with Crippen LogP contribution in [0.4, 0.5) is 0 Å². The van der Waals surface area contributed by atoms with E-state index in [2.05, 4.69) is 0 Å². The Morgan fingerprint density at radius 1 is 0.643 bits per heavy atom. The summed E-state index contributed by atoms with van der Waals surface area (Å²) in [5.74, 6) is -1.17. The topological polar surface area (TPSA) is 174 Å². The molecule has 0 radical (unpaired) electrons. The maximum absolute atomic E-state index is 11.8. The normalized spacial score (nSPS) is 15.5. The number of hydrogen-bond donors (Lipinski definition) is 6. The van der Waals surface area contributed by atoms with Crippen molar-refractivity contribution in [3.63, 3.8) is 0 Å². The number of esters is 2. The van der Waals surface area contributed by atoms with Gasteiger partial charge in [0.1, 0.15) is 24.4 Å². The average molecular weight is 410 g/mol. The van der Waals surface area contributed by atoms with Gasteiger partial charge in [-0.25, -0.2) is 0 Å². The summed E-state index contributed by atoms with van der Waals surface area (Å²) in [7, 11) is 0. The van der Waals surface area contributed by atoms with E-state index >= 15 is 0 Å². The minimum absolute atomic E-state index is 0.00819. The first kappa shape index (κ1) is 26.7. The first-order valence-corrected chi connectivity index (χ1v) is 9.58. The molecule has 0 aliphatic carbocycles. The molecule has 0 fully saturated rings. The molecule has 0 aromatic carbocycles. The number of carbonyl (C=O) groups is 2. The van der Waals surface area contributed by atoms with Crippen LogP contribution >= 0.6 is 0 Å². The van der Waals surface area contributed by atoms with E-state index in [-0.39, 0.29) is 38.9 Å². The predicted molar refractivity (Wildman–Crippen MR) is 97.1 cm³/mol. The highest BCUT2D eigenvalue weighted by Gasteiger charge is 2.23. The third-order valence-corrected chi connectivity index (χ3v) is 4.10. The van der Waals surface area contributed by atoms with Crippen molar-refractivity contribution >= 4 is 11.9 Å². The maximum Gasteiger partial charge on any atom is 0.306 e. The third kappa shape index (κ3) is 12.2. The second-order valence-electron chi connectivity index (χ2n) is 6.50. The van der Waals surface area contributed by atoms with Gasteiger partial charge in [-0.2, -0.15) is 0 Å². The highest BCUT2D eigenvalue weighted by Crippen LogP contribution is 2.13. The molecule has 0 heterocycles. The summed E-state index contributed by atoms with van der Waals surface area (Å²) < 4.78 is 10.2. The molecule has 4 atom stereocenters. The Hall–Kier alpha value is -1.30. The van der Waals surface area contributed by atoms with E-state index in [0.29, 0.717) is 25.7 Å². The number of aliphatic hydroxyl groups excluding tert-OH is 6. The molecule has 10 nitrogen and oxygen atoms in total. The minimum atomic E-state index is -1.22. The molecular weight excluding hydrogens is 376 g/mol. The molecule has 0 aliphatic heterocycles.